The van der Waals surface area contributed by atoms with E-state index in [-0.39, 0.29) is 0 Å². The summed E-state index contributed by atoms with van der Waals surface area (Å²) in [5.41, 5.74) is 0.895. The van der Waals surface area contributed by atoms with Crippen molar-refractivity contribution >= 4 is 33.5 Å². The number of hydrogen-bond donors (Lipinski definition) is 0. The van der Waals surface area contributed by atoms with Gasteiger partial charge in [-0.05, 0) is 18.9 Å². The monoisotopic (exact) mass is 322 g/mol. The second kappa shape index (κ2) is 5.72. The predicted octanol–water partition coefficient (Wildman–Crippen LogP) is 2.53. The van der Waals surface area contributed by atoms with Crippen molar-refractivity contribution in [2.24, 2.45) is 5.92 Å². The van der Waals surface area contributed by atoms with Crippen LogP contribution in [-0.4, -0.2) is 34.4 Å². The van der Waals surface area contributed by atoms with Crippen molar-refractivity contribution in [3.05, 3.63) is 16.6 Å². The molecule has 6 nitrogen and oxygen atoms in total. The van der Waals surface area contributed by atoms with Crippen LogP contribution in [0.4, 0.5) is 0 Å². The van der Waals surface area contributed by atoms with E-state index < -0.39 is 18.0 Å². The van der Waals surface area contributed by atoms with Gasteiger partial charge in [-0.15, -0.1) is 11.3 Å². The van der Waals surface area contributed by atoms with Crippen LogP contribution >= 0.6 is 11.3 Å². The van der Waals surface area contributed by atoms with Gasteiger partial charge in [-0.1, -0.05) is 13.8 Å². The highest BCUT2D eigenvalue weighted by molar-refractivity contribution is 7.20. The van der Waals surface area contributed by atoms with Gasteiger partial charge >= 0.3 is 11.9 Å². The smallest absolute Gasteiger partial charge is 0.349 e. The van der Waals surface area contributed by atoms with Gasteiger partial charge in [0.1, 0.15) is 9.71 Å². The molecule has 0 amide bonds. The molecular formula is C15H18N2O4S. The number of cyclic esters (lactones) is 1. The molecular weight excluding hydrogens is 304 g/mol. The van der Waals surface area contributed by atoms with E-state index >= 15 is 0 Å². The van der Waals surface area contributed by atoms with Gasteiger partial charge in [-0.2, -0.15) is 5.10 Å². The number of aromatic nitrogens is 2. The first-order chi connectivity index (χ1) is 10.5. The van der Waals surface area contributed by atoms with Gasteiger partial charge < -0.3 is 9.47 Å². The van der Waals surface area contributed by atoms with E-state index in [4.69, 9.17) is 9.47 Å². The number of thiophene rings is 1. The Bertz CT molecular complexity index is 731. The fraction of sp³-hybridized carbons (Fsp3) is 0.533. The first kappa shape index (κ1) is 15.0. The van der Waals surface area contributed by atoms with Gasteiger partial charge in [0.2, 0.25) is 6.10 Å². The second-order valence-electron chi connectivity index (χ2n) is 5.84. The Morgan fingerprint density at radius 1 is 1.59 bits per heavy atom. The van der Waals surface area contributed by atoms with E-state index in [0.29, 0.717) is 23.8 Å². The molecule has 3 rings (SSSR count). The third-order valence-corrected chi connectivity index (χ3v) is 4.61. The largest absolute Gasteiger partial charge is 0.463 e. The van der Waals surface area contributed by atoms with E-state index in [2.05, 4.69) is 18.9 Å². The van der Waals surface area contributed by atoms with Crippen molar-refractivity contribution in [3.8, 4) is 0 Å². The third-order valence-electron chi connectivity index (χ3n) is 3.48. The van der Waals surface area contributed by atoms with Gasteiger partial charge in [-0.3, -0.25) is 4.68 Å². The Kier molecular flexibility index (Phi) is 3.90. The van der Waals surface area contributed by atoms with Crippen LogP contribution in [0.1, 0.15) is 35.6 Å². The number of aryl methyl sites for hydroxylation is 1. The molecule has 2 aromatic rings. The van der Waals surface area contributed by atoms with Crippen molar-refractivity contribution in [3.63, 3.8) is 0 Å². The van der Waals surface area contributed by atoms with Crippen LogP contribution < -0.4 is 0 Å². The summed E-state index contributed by atoms with van der Waals surface area (Å²) >= 11 is 1.35. The molecule has 2 aromatic heterocycles. The van der Waals surface area contributed by atoms with Crippen LogP contribution in [-0.2, 0) is 20.8 Å². The van der Waals surface area contributed by atoms with Crippen LogP contribution in [0, 0.1) is 12.8 Å². The summed E-state index contributed by atoms with van der Waals surface area (Å²) in [6.07, 6.45) is -0.346. The summed E-state index contributed by atoms with van der Waals surface area (Å²) < 4.78 is 12.0. The van der Waals surface area contributed by atoms with Crippen molar-refractivity contribution in [1.82, 2.24) is 9.78 Å². The number of carbonyl (C=O) groups excluding carboxylic acids is 2. The van der Waals surface area contributed by atoms with Gasteiger partial charge in [0, 0.05) is 18.4 Å². The molecule has 3 heterocycles. The average molecular weight is 322 g/mol. The lowest BCUT2D eigenvalue weighted by molar-refractivity contribution is -0.145. The molecule has 1 unspecified atom stereocenters. The molecule has 118 valence electrons. The Morgan fingerprint density at radius 3 is 3.00 bits per heavy atom. The molecule has 0 N–H and O–H groups in total. The normalized spacial score (nSPS) is 18.2. The zero-order chi connectivity index (χ0) is 15.9. The van der Waals surface area contributed by atoms with E-state index in [1.165, 1.54) is 11.3 Å². The molecule has 1 aliphatic rings. The lowest BCUT2D eigenvalue weighted by atomic mass is 10.2. The van der Waals surface area contributed by atoms with Crippen LogP contribution in [0.25, 0.3) is 10.2 Å². The van der Waals surface area contributed by atoms with Crippen molar-refractivity contribution in [2.45, 2.75) is 39.8 Å². The molecule has 0 bridgehead atoms. The summed E-state index contributed by atoms with van der Waals surface area (Å²) in [7, 11) is 0. The average Bonchev–Trinajstić information content (AvgIpc) is 3.10. The van der Waals surface area contributed by atoms with Crippen molar-refractivity contribution in [1.29, 1.82) is 0 Å². The van der Waals surface area contributed by atoms with Gasteiger partial charge in [0.25, 0.3) is 0 Å². The molecule has 0 spiro atoms. The van der Waals surface area contributed by atoms with Crippen molar-refractivity contribution < 1.29 is 19.1 Å². The highest BCUT2D eigenvalue weighted by atomic mass is 32.1. The van der Waals surface area contributed by atoms with Gasteiger partial charge in [-0.25, -0.2) is 9.59 Å². The first-order valence-electron chi connectivity index (χ1n) is 7.30. The third kappa shape index (κ3) is 2.72. The molecule has 0 radical (unpaired) electrons. The summed E-state index contributed by atoms with van der Waals surface area (Å²) in [5.74, 6) is -0.467. The summed E-state index contributed by atoms with van der Waals surface area (Å²) in [6, 6.07) is 1.79. The number of esters is 2. The molecule has 0 aromatic carbocycles. The molecule has 0 aliphatic carbocycles. The lowest BCUT2D eigenvalue weighted by Gasteiger charge is -2.07. The Morgan fingerprint density at radius 2 is 2.36 bits per heavy atom. The standard InChI is InChI=1S/C15H18N2O4S/c1-8(2)7-17-13-10(9(3)16-17)6-12(22-13)15(19)21-11-4-5-20-14(11)18/h6,8,11H,4-5,7H2,1-3H3. The number of hydrogen-bond acceptors (Lipinski definition) is 6. The van der Waals surface area contributed by atoms with Crippen molar-refractivity contribution in [2.75, 3.05) is 6.61 Å². The van der Waals surface area contributed by atoms with E-state index in [1.807, 2.05) is 11.6 Å². The summed E-state index contributed by atoms with van der Waals surface area (Å²) in [5, 5.41) is 5.47. The quantitative estimate of drug-likeness (QED) is 0.809. The number of fused-ring (bicyclic) bond motifs is 1. The molecule has 22 heavy (non-hydrogen) atoms. The van der Waals surface area contributed by atoms with Crippen LogP contribution in [0.3, 0.4) is 0 Å². The molecule has 1 atom stereocenters. The highest BCUT2D eigenvalue weighted by Crippen LogP contribution is 2.30. The minimum atomic E-state index is -0.772. The van der Waals surface area contributed by atoms with Crippen LogP contribution in [0.2, 0.25) is 0 Å². The molecule has 1 saturated heterocycles. The number of ether oxygens (including phenoxy) is 2. The lowest BCUT2D eigenvalue weighted by Crippen LogP contribution is -2.22. The maximum absolute atomic E-state index is 12.2. The molecule has 1 fully saturated rings. The fourth-order valence-electron chi connectivity index (χ4n) is 2.45. The number of carbonyl (C=O) groups is 2. The second-order valence-corrected chi connectivity index (χ2v) is 6.87. The molecule has 1 aliphatic heterocycles. The minimum Gasteiger partial charge on any atom is -0.463 e. The van der Waals surface area contributed by atoms with Crippen LogP contribution in [0.5, 0.6) is 0 Å². The molecule has 7 heteroatoms. The zero-order valence-corrected chi connectivity index (χ0v) is 13.6. The number of rotatable bonds is 4. The van der Waals surface area contributed by atoms with E-state index in [1.54, 1.807) is 6.07 Å². The summed E-state index contributed by atoms with van der Waals surface area (Å²) in [6.45, 7) is 7.28. The van der Waals surface area contributed by atoms with Crippen LogP contribution in [0.15, 0.2) is 6.07 Å². The SMILES string of the molecule is Cc1nn(CC(C)C)c2sc(C(=O)OC3CCOC3=O)cc12. The van der Waals surface area contributed by atoms with Gasteiger partial charge in [0.05, 0.1) is 12.3 Å². The van der Waals surface area contributed by atoms with E-state index in [9.17, 15) is 9.59 Å². The first-order valence-corrected chi connectivity index (χ1v) is 8.12. The minimum absolute atomic E-state index is 0.311. The Hall–Kier alpha value is -1.89. The maximum atomic E-state index is 12.2. The Balaban J connectivity index is 1.85. The highest BCUT2D eigenvalue weighted by Gasteiger charge is 2.31. The van der Waals surface area contributed by atoms with E-state index in [0.717, 1.165) is 22.5 Å². The molecule has 0 saturated carbocycles. The zero-order valence-electron chi connectivity index (χ0n) is 12.8. The van der Waals surface area contributed by atoms with Gasteiger partial charge in [0.15, 0.2) is 0 Å². The Labute approximate surface area is 132 Å². The predicted molar refractivity (Wildman–Crippen MR) is 82.0 cm³/mol. The summed E-state index contributed by atoms with van der Waals surface area (Å²) in [4.78, 5) is 25.1. The maximum Gasteiger partial charge on any atom is 0.349 e. The number of nitrogens with zero attached hydrogens (tertiary/aromatic N) is 2. The fourth-order valence-corrected chi connectivity index (χ4v) is 3.51. The topological polar surface area (TPSA) is 70.4 Å².